The zero-order valence-electron chi connectivity index (χ0n) is 8.81. The highest BCUT2D eigenvalue weighted by Crippen LogP contribution is 2.15. The smallest absolute Gasteiger partial charge is 0.357 e. The SMILES string of the molecule is O=C(O)c1coc(NCC2CCCOC2)n1. The molecule has 1 unspecified atom stereocenters. The number of rotatable bonds is 4. The van der Waals surface area contributed by atoms with Crippen molar-refractivity contribution in [3.05, 3.63) is 12.0 Å². The molecule has 0 aromatic carbocycles. The summed E-state index contributed by atoms with van der Waals surface area (Å²) in [6, 6.07) is 0.253. The number of ether oxygens (including phenoxy) is 1. The molecule has 1 aliphatic rings. The molecule has 0 radical (unpaired) electrons. The van der Waals surface area contributed by atoms with Gasteiger partial charge in [0.25, 0.3) is 6.01 Å². The second kappa shape index (κ2) is 4.98. The zero-order valence-corrected chi connectivity index (χ0v) is 8.81. The average molecular weight is 226 g/mol. The van der Waals surface area contributed by atoms with E-state index in [2.05, 4.69) is 10.3 Å². The number of anilines is 1. The van der Waals surface area contributed by atoms with Crippen LogP contribution in [0.2, 0.25) is 0 Å². The first-order valence-corrected chi connectivity index (χ1v) is 5.26. The van der Waals surface area contributed by atoms with Gasteiger partial charge < -0.3 is 19.6 Å². The molecule has 6 heteroatoms. The molecule has 2 rings (SSSR count). The number of aromatic nitrogens is 1. The molecule has 0 saturated carbocycles. The third-order valence-corrected chi connectivity index (χ3v) is 2.52. The number of oxazole rings is 1. The first-order valence-electron chi connectivity index (χ1n) is 5.26. The summed E-state index contributed by atoms with van der Waals surface area (Å²) in [6.07, 6.45) is 3.31. The molecule has 0 aliphatic carbocycles. The summed E-state index contributed by atoms with van der Waals surface area (Å²) in [4.78, 5) is 14.3. The summed E-state index contributed by atoms with van der Waals surface area (Å²) >= 11 is 0. The van der Waals surface area contributed by atoms with E-state index in [-0.39, 0.29) is 11.7 Å². The molecule has 2 heterocycles. The van der Waals surface area contributed by atoms with Crippen molar-refractivity contribution in [3.63, 3.8) is 0 Å². The number of aromatic carboxylic acids is 1. The highest BCUT2D eigenvalue weighted by molar-refractivity contribution is 5.85. The van der Waals surface area contributed by atoms with Crippen molar-refractivity contribution in [2.45, 2.75) is 12.8 Å². The Bertz CT molecular complexity index is 357. The molecular formula is C10H14N2O4. The molecule has 1 aromatic rings. The number of hydrogen-bond acceptors (Lipinski definition) is 5. The lowest BCUT2D eigenvalue weighted by molar-refractivity contribution is 0.0593. The van der Waals surface area contributed by atoms with Crippen LogP contribution in [0, 0.1) is 5.92 Å². The molecule has 88 valence electrons. The molecule has 0 spiro atoms. The molecule has 1 fully saturated rings. The molecular weight excluding hydrogens is 212 g/mol. The van der Waals surface area contributed by atoms with Gasteiger partial charge >= 0.3 is 5.97 Å². The Balaban J connectivity index is 1.81. The summed E-state index contributed by atoms with van der Waals surface area (Å²) in [7, 11) is 0. The minimum Gasteiger partial charge on any atom is -0.476 e. The topological polar surface area (TPSA) is 84.6 Å². The van der Waals surface area contributed by atoms with Crippen LogP contribution < -0.4 is 5.32 Å². The fourth-order valence-electron chi connectivity index (χ4n) is 1.65. The van der Waals surface area contributed by atoms with Crippen molar-refractivity contribution in [2.75, 3.05) is 25.1 Å². The van der Waals surface area contributed by atoms with E-state index in [4.69, 9.17) is 14.3 Å². The van der Waals surface area contributed by atoms with Crippen LogP contribution in [0.4, 0.5) is 6.01 Å². The predicted octanol–water partition coefficient (Wildman–Crippen LogP) is 1.21. The van der Waals surface area contributed by atoms with Crippen LogP contribution >= 0.6 is 0 Å². The van der Waals surface area contributed by atoms with E-state index in [1.54, 1.807) is 0 Å². The highest BCUT2D eigenvalue weighted by Gasteiger charge is 2.15. The van der Waals surface area contributed by atoms with Gasteiger partial charge in [0.05, 0.1) is 6.61 Å². The van der Waals surface area contributed by atoms with Crippen molar-refractivity contribution in [3.8, 4) is 0 Å². The maximum atomic E-state index is 10.5. The molecule has 0 amide bonds. The lowest BCUT2D eigenvalue weighted by atomic mass is 10.0. The van der Waals surface area contributed by atoms with Crippen LogP contribution in [0.5, 0.6) is 0 Å². The van der Waals surface area contributed by atoms with E-state index in [0.717, 1.165) is 32.3 Å². The van der Waals surface area contributed by atoms with Gasteiger partial charge in [-0.25, -0.2) is 4.79 Å². The summed E-state index contributed by atoms with van der Waals surface area (Å²) in [6.45, 7) is 2.26. The Kier molecular flexibility index (Phi) is 3.40. The van der Waals surface area contributed by atoms with Gasteiger partial charge in [-0.2, -0.15) is 4.98 Å². The third-order valence-electron chi connectivity index (χ3n) is 2.52. The molecule has 1 atom stereocenters. The number of carboxylic acids is 1. The van der Waals surface area contributed by atoms with E-state index in [9.17, 15) is 4.79 Å². The van der Waals surface area contributed by atoms with Gasteiger partial charge in [0, 0.05) is 13.2 Å². The van der Waals surface area contributed by atoms with Crippen molar-refractivity contribution >= 4 is 12.0 Å². The second-order valence-corrected chi connectivity index (χ2v) is 3.81. The standard InChI is InChI=1S/C10H14N2O4/c13-9(14)8-6-16-10(12-8)11-4-7-2-1-3-15-5-7/h6-7H,1-5H2,(H,11,12)(H,13,14). The summed E-state index contributed by atoms with van der Waals surface area (Å²) in [5, 5.41) is 11.6. The van der Waals surface area contributed by atoms with Crippen LogP contribution in [0.1, 0.15) is 23.3 Å². The Hall–Kier alpha value is -1.56. The van der Waals surface area contributed by atoms with Gasteiger partial charge in [-0.3, -0.25) is 0 Å². The van der Waals surface area contributed by atoms with Gasteiger partial charge in [-0.1, -0.05) is 0 Å². The maximum absolute atomic E-state index is 10.5. The molecule has 2 N–H and O–H groups in total. The average Bonchev–Trinajstić information content (AvgIpc) is 2.76. The number of carboxylic acid groups (broad SMARTS) is 1. The number of hydrogen-bond donors (Lipinski definition) is 2. The Labute approximate surface area is 92.6 Å². The monoisotopic (exact) mass is 226 g/mol. The number of carbonyl (C=O) groups is 1. The third kappa shape index (κ3) is 2.73. The number of nitrogens with zero attached hydrogens (tertiary/aromatic N) is 1. The fourth-order valence-corrected chi connectivity index (χ4v) is 1.65. The van der Waals surface area contributed by atoms with Crippen LogP contribution in [0.3, 0.4) is 0 Å². The van der Waals surface area contributed by atoms with Gasteiger partial charge in [0.15, 0.2) is 5.69 Å². The lowest BCUT2D eigenvalue weighted by Crippen LogP contribution is -2.24. The van der Waals surface area contributed by atoms with E-state index < -0.39 is 5.97 Å². The number of nitrogens with one attached hydrogen (secondary N) is 1. The maximum Gasteiger partial charge on any atom is 0.357 e. The first-order chi connectivity index (χ1) is 7.75. The highest BCUT2D eigenvalue weighted by atomic mass is 16.5. The largest absolute Gasteiger partial charge is 0.476 e. The fraction of sp³-hybridized carbons (Fsp3) is 0.600. The van der Waals surface area contributed by atoms with Crippen molar-refractivity contribution < 1.29 is 19.1 Å². The minimum atomic E-state index is -1.09. The van der Waals surface area contributed by atoms with E-state index >= 15 is 0 Å². The Morgan fingerprint density at radius 3 is 3.19 bits per heavy atom. The second-order valence-electron chi connectivity index (χ2n) is 3.81. The predicted molar refractivity (Wildman–Crippen MR) is 55.5 cm³/mol. The van der Waals surface area contributed by atoms with Crippen molar-refractivity contribution in [2.24, 2.45) is 5.92 Å². The van der Waals surface area contributed by atoms with Gasteiger partial charge in [-0.15, -0.1) is 0 Å². The van der Waals surface area contributed by atoms with Gasteiger partial charge in [-0.05, 0) is 18.8 Å². The van der Waals surface area contributed by atoms with Gasteiger partial charge in [0.1, 0.15) is 6.26 Å². The quantitative estimate of drug-likeness (QED) is 0.802. The van der Waals surface area contributed by atoms with E-state index in [1.807, 2.05) is 0 Å². The van der Waals surface area contributed by atoms with Crippen molar-refractivity contribution in [1.29, 1.82) is 0 Å². The summed E-state index contributed by atoms with van der Waals surface area (Å²) in [5.41, 5.74) is -0.0811. The zero-order chi connectivity index (χ0) is 11.4. The first kappa shape index (κ1) is 10.9. The molecule has 1 aliphatic heterocycles. The summed E-state index contributed by atoms with van der Waals surface area (Å²) in [5.74, 6) is -0.647. The van der Waals surface area contributed by atoms with Crippen LogP contribution in [0.25, 0.3) is 0 Å². The lowest BCUT2D eigenvalue weighted by Gasteiger charge is -2.21. The normalized spacial score (nSPS) is 20.6. The Morgan fingerprint density at radius 1 is 1.69 bits per heavy atom. The summed E-state index contributed by atoms with van der Waals surface area (Å²) < 4.78 is 10.3. The molecule has 6 nitrogen and oxygen atoms in total. The molecule has 1 saturated heterocycles. The molecule has 0 bridgehead atoms. The minimum absolute atomic E-state index is 0.0811. The Morgan fingerprint density at radius 2 is 2.56 bits per heavy atom. The van der Waals surface area contributed by atoms with Crippen molar-refractivity contribution in [1.82, 2.24) is 4.98 Å². The molecule has 16 heavy (non-hydrogen) atoms. The molecule has 1 aromatic heterocycles. The van der Waals surface area contributed by atoms with Gasteiger partial charge in [0.2, 0.25) is 0 Å². The van der Waals surface area contributed by atoms with Crippen LogP contribution in [0.15, 0.2) is 10.7 Å². The van der Waals surface area contributed by atoms with E-state index in [0.29, 0.717) is 12.5 Å². The van der Waals surface area contributed by atoms with E-state index in [1.165, 1.54) is 0 Å². The van der Waals surface area contributed by atoms with Crippen LogP contribution in [-0.4, -0.2) is 35.8 Å². The van der Waals surface area contributed by atoms with Crippen LogP contribution in [-0.2, 0) is 4.74 Å².